The maximum absolute atomic E-state index is 9.28. The molecule has 1 aromatic carbocycles. The molecule has 0 bridgehead atoms. The van der Waals surface area contributed by atoms with E-state index in [-0.39, 0.29) is 5.75 Å². The van der Waals surface area contributed by atoms with E-state index in [1.165, 1.54) is 10.4 Å². The van der Waals surface area contributed by atoms with E-state index in [0.717, 1.165) is 5.56 Å². The third kappa shape index (κ3) is 1.63. The third-order valence-electron chi connectivity index (χ3n) is 2.07. The summed E-state index contributed by atoms with van der Waals surface area (Å²) in [6, 6.07) is 7.35. The minimum absolute atomic E-state index is 0.129. The van der Waals surface area contributed by atoms with Crippen molar-refractivity contribution in [3.8, 4) is 16.2 Å². The first-order valence-electron chi connectivity index (χ1n) is 4.21. The van der Waals surface area contributed by atoms with Crippen molar-refractivity contribution in [1.82, 2.24) is 0 Å². The Morgan fingerprint density at radius 3 is 2.64 bits per heavy atom. The second-order valence-electron chi connectivity index (χ2n) is 3.10. The fourth-order valence-electron chi connectivity index (χ4n) is 1.32. The first kappa shape index (κ1) is 9.56. The number of hydrogen-bond acceptors (Lipinski definition) is 2. The van der Waals surface area contributed by atoms with Crippen molar-refractivity contribution < 1.29 is 5.11 Å². The number of aryl methyl sites for hydroxylation is 1. The van der Waals surface area contributed by atoms with Crippen molar-refractivity contribution in [2.24, 2.45) is 0 Å². The number of rotatable bonds is 1. The van der Waals surface area contributed by atoms with Gasteiger partial charge >= 0.3 is 0 Å². The van der Waals surface area contributed by atoms with Crippen LogP contribution in [0.2, 0.25) is 5.02 Å². The Balaban J connectivity index is 2.53. The lowest BCUT2D eigenvalue weighted by atomic mass is 10.1. The van der Waals surface area contributed by atoms with Crippen molar-refractivity contribution in [3.63, 3.8) is 0 Å². The van der Waals surface area contributed by atoms with E-state index >= 15 is 0 Å². The molecule has 0 aliphatic rings. The molecule has 72 valence electrons. The predicted molar refractivity (Wildman–Crippen MR) is 61.2 cm³/mol. The summed E-state index contributed by atoms with van der Waals surface area (Å²) in [5.41, 5.74) is 2.29. The molecule has 1 nitrogen and oxygen atoms in total. The molecular weight excluding hydrogens is 216 g/mol. The van der Waals surface area contributed by atoms with Crippen LogP contribution in [0.5, 0.6) is 5.75 Å². The molecule has 3 heteroatoms. The van der Waals surface area contributed by atoms with E-state index in [2.05, 4.69) is 13.0 Å². The third-order valence-corrected chi connectivity index (χ3v) is 3.44. The van der Waals surface area contributed by atoms with Crippen molar-refractivity contribution in [1.29, 1.82) is 0 Å². The Bertz CT molecular complexity index is 462. The average molecular weight is 225 g/mol. The van der Waals surface area contributed by atoms with E-state index < -0.39 is 0 Å². The lowest BCUT2D eigenvalue weighted by molar-refractivity contribution is 0.475. The molecule has 2 rings (SSSR count). The van der Waals surface area contributed by atoms with Gasteiger partial charge in [-0.1, -0.05) is 11.6 Å². The lowest BCUT2D eigenvalue weighted by Crippen LogP contribution is -1.76. The molecule has 1 heterocycles. The summed E-state index contributed by atoms with van der Waals surface area (Å²) in [5, 5.41) is 11.7. The number of benzene rings is 1. The Labute approximate surface area is 91.6 Å². The zero-order valence-electron chi connectivity index (χ0n) is 7.62. The van der Waals surface area contributed by atoms with Gasteiger partial charge in [0.15, 0.2) is 0 Å². The van der Waals surface area contributed by atoms with Crippen LogP contribution in [0.1, 0.15) is 5.56 Å². The normalized spacial score (nSPS) is 10.4. The molecule has 1 aromatic heterocycles. The summed E-state index contributed by atoms with van der Waals surface area (Å²) in [6.07, 6.45) is 0. The molecule has 2 aromatic rings. The van der Waals surface area contributed by atoms with Gasteiger partial charge in [0, 0.05) is 4.88 Å². The highest BCUT2D eigenvalue weighted by molar-refractivity contribution is 7.13. The summed E-state index contributed by atoms with van der Waals surface area (Å²) in [7, 11) is 0. The van der Waals surface area contributed by atoms with Crippen LogP contribution in [0.15, 0.2) is 29.6 Å². The standard InChI is InChI=1S/C11H9ClOS/c1-7-4-5-14-11(7)8-2-3-10(13)9(12)6-8/h2-6,13H,1H3. The topological polar surface area (TPSA) is 20.2 Å². The molecule has 0 aliphatic carbocycles. The number of halogens is 1. The van der Waals surface area contributed by atoms with Crippen molar-refractivity contribution in [2.45, 2.75) is 6.92 Å². The second kappa shape index (κ2) is 3.64. The van der Waals surface area contributed by atoms with E-state index in [0.29, 0.717) is 5.02 Å². The number of hydrogen-bond donors (Lipinski definition) is 1. The molecule has 0 radical (unpaired) electrons. The van der Waals surface area contributed by atoms with Crippen LogP contribution in [-0.2, 0) is 0 Å². The van der Waals surface area contributed by atoms with Gasteiger partial charge in [-0.3, -0.25) is 0 Å². The quantitative estimate of drug-likeness (QED) is 0.774. The Kier molecular flexibility index (Phi) is 2.48. The van der Waals surface area contributed by atoms with Gasteiger partial charge in [-0.05, 0) is 47.7 Å². The minimum Gasteiger partial charge on any atom is -0.506 e. The Morgan fingerprint density at radius 2 is 2.07 bits per heavy atom. The molecule has 0 spiro atoms. The molecule has 14 heavy (non-hydrogen) atoms. The maximum Gasteiger partial charge on any atom is 0.134 e. The van der Waals surface area contributed by atoms with Crippen molar-refractivity contribution >= 4 is 22.9 Å². The first-order chi connectivity index (χ1) is 6.68. The zero-order valence-corrected chi connectivity index (χ0v) is 9.19. The number of phenols is 1. The molecule has 0 amide bonds. The van der Waals surface area contributed by atoms with Crippen LogP contribution in [0.3, 0.4) is 0 Å². The van der Waals surface area contributed by atoms with Crippen LogP contribution < -0.4 is 0 Å². The molecule has 0 saturated carbocycles. The highest BCUT2D eigenvalue weighted by Crippen LogP contribution is 2.33. The van der Waals surface area contributed by atoms with Gasteiger partial charge in [0.1, 0.15) is 5.75 Å². The summed E-state index contributed by atoms with van der Waals surface area (Å²) in [4.78, 5) is 1.20. The predicted octanol–water partition coefficient (Wildman–Crippen LogP) is 4.08. The maximum atomic E-state index is 9.28. The van der Waals surface area contributed by atoms with Gasteiger partial charge in [-0.15, -0.1) is 11.3 Å². The monoisotopic (exact) mass is 224 g/mol. The molecule has 0 saturated heterocycles. The SMILES string of the molecule is Cc1ccsc1-c1ccc(O)c(Cl)c1. The number of phenolic OH excluding ortho intramolecular Hbond substituents is 1. The van der Waals surface area contributed by atoms with E-state index in [1.807, 2.05) is 11.4 Å². The zero-order chi connectivity index (χ0) is 10.1. The molecule has 0 unspecified atom stereocenters. The first-order valence-corrected chi connectivity index (χ1v) is 5.47. The molecule has 1 N–H and O–H groups in total. The highest BCUT2D eigenvalue weighted by Gasteiger charge is 2.05. The Hall–Kier alpha value is -0.990. The summed E-state index contributed by atoms with van der Waals surface area (Å²) in [5.74, 6) is 0.129. The van der Waals surface area contributed by atoms with Crippen LogP contribution in [0.4, 0.5) is 0 Å². The van der Waals surface area contributed by atoms with Gasteiger partial charge in [0.2, 0.25) is 0 Å². The van der Waals surface area contributed by atoms with E-state index in [4.69, 9.17) is 11.6 Å². The molecular formula is C11H9ClOS. The van der Waals surface area contributed by atoms with Crippen LogP contribution in [0, 0.1) is 6.92 Å². The molecule has 0 atom stereocenters. The lowest BCUT2D eigenvalue weighted by Gasteiger charge is -2.02. The number of aromatic hydroxyl groups is 1. The van der Waals surface area contributed by atoms with E-state index in [1.54, 1.807) is 23.5 Å². The minimum atomic E-state index is 0.129. The van der Waals surface area contributed by atoms with Crippen molar-refractivity contribution in [3.05, 3.63) is 40.2 Å². The largest absolute Gasteiger partial charge is 0.506 e. The van der Waals surface area contributed by atoms with Crippen LogP contribution in [0.25, 0.3) is 10.4 Å². The van der Waals surface area contributed by atoms with Gasteiger partial charge in [0.05, 0.1) is 5.02 Å². The highest BCUT2D eigenvalue weighted by atomic mass is 35.5. The van der Waals surface area contributed by atoms with E-state index in [9.17, 15) is 5.11 Å². The smallest absolute Gasteiger partial charge is 0.134 e. The number of thiophene rings is 1. The van der Waals surface area contributed by atoms with Crippen LogP contribution >= 0.6 is 22.9 Å². The Morgan fingerprint density at radius 1 is 1.29 bits per heavy atom. The van der Waals surface area contributed by atoms with Gasteiger partial charge in [-0.25, -0.2) is 0 Å². The fourth-order valence-corrected chi connectivity index (χ4v) is 2.42. The fraction of sp³-hybridized carbons (Fsp3) is 0.0909. The molecule has 0 aliphatic heterocycles. The van der Waals surface area contributed by atoms with Crippen molar-refractivity contribution in [2.75, 3.05) is 0 Å². The van der Waals surface area contributed by atoms with Gasteiger partial charge in [-0.2, -0.15) is 0 Å². The average Bonchev–Trinajstić information content (AvgIpc) is 2.57. The molecule has 0 fully saturated rings. The second-order valence-corrected chi connectivity index (χ2v) is 4.42. The van der Waals surface area contributed by atoms with Gasteiger partial charge in [0.25, 0.3) is 0 Å². The summed E-state index contributed by atoms with van der Waals surface area (Å²) >= 11 is 7.51. The summed E-state index contributed by atoms with van der Waals surface area (Å²) < 4.78 is 0. The summed E-state index contributed by atoms with van der Waals surface area (Å²) in [6.45, 7) is 2.06. The van der Waals surface area contributed by atoms with Crippen LogP contribution in [-0.4, -0.2) is 5.11 Å². The van der Waals surface area contributed by atoms with Gasteiger partial charge < -0.3 is 5.11 Å².